The second-order valence-electron chi connectivity index (χ2n) is 3.41. The largest absolute Gasteiger partial charge is 0.316 e. The maximum atomic E-state index is 5.83. The molecule has 0 bridgehead atoms. The van der Waals surface area contributed by atoms with Gasteiger partial charge in [-0.25, -0.2) is 0 Å². The van der Waals surface area contributed by atoms with Gasteiger partial charge >= 0.3 is 0 Å². The van der Waals surface area contributed by atoms with Gasteiger partial charge in [0.2, 0.25) is 0 Å². The zero-order valence-electron chi connectivity index (χ0n) is 8.60. The number of rotatable bonds is 8. The highest BCUT2D eigenvalue weighted by Gasteiger charge is 1.98. The van der Waals surface area contributed by atoms with Gasteiger partial charge in [-0.3, -0.25) is 0 Å². The van der Waals surface area contributed by atoms with Crippen LogP contribution < -0.4 is 11.1 Å². The van der Waals surface area contributed by atoms with Gasteiger partial charge in [0.15, 0.2) is 0 Å². The van der Waals surface area contributed by atoms with Crippen molar-refractivity contribution in [1.29, 1.82) is 0 Å². The molecule has 0 radical (unpaired) electrons. The second kappa shape index (κ2) is 9.01. The summed E-state index contributed by atoms with van der Waals surface area (Å²) in [4.78, 5) is 0. The van der Waals surface area contributed by atoms with Crippen LogP contribution in [0.3, 0.4) is 0 Å². The molecule has 0 aliphatic rings. The number of nitrogens with two attached hydrogens (primary N) is 1. The van der Waals surface area contributed by atoms with E-state index in [1.165, 1.54) is 32.1 Å². The fraction of sp³-hybridized carbons (Fsp3) is 1.00. The first-order valence-corrected chi connectivity index (χ1v) is 5.30. The van der Waals surface area contributed by atoms with E-state index in [0.717, 1.165) is 13.0 Å². The molecule has 0 rings (SSSR count). The Morgan fingerprint density at radius 1 is 1.08 bits per heavy atom. The fourth-order valence-corrected chi connectivity index (χ4v) is 1.19. The maximum absolute atomic E-state index is 5.83. The van der Waals surface area contributed by atoms with Crippen LogP contribution in [-0.4, -0.2) is 12.7 Å². The SMILES string of the molecule is CCCCCNC(N)CCCC. The van der Waals surface area contributed by atoms with E-state index >= 15 is 0 Å². The van der Waals surface area contributed by atoms with Crippen molar-refractivity contribution < 1.29 is 0 Å². The minimum Gasteiger partial charge on any atom is -0.316 e. The highest BCUT2D eigenvalue weighted by molar-refractivity contribution is 4.58. The molecule has 0 spiro atoms. The average molecular weight is 172 g/mol. The molecule has 2 nitrogen and oxygen atoms in total. The van der Waals surface area contributed by atoms with E-state index in [-0.39, 0.29) is 6.17 Å². The third-order valence-corrected chi connectivity index (χ3v) is 2.06. The van der Waals surface area contributed by atoms with Crippen LogP contribution in [0.25, 0.3) is 0 Å². The van der Waals surface area contributed by atoms with Crippen molar-refractivity contribution in [2.75, 3.05) is 6.54 Å². The van der Waals surface area contributed by atoms with Crippen LogP contribution >= 0.6 is 0 Å². The lowest BCUT2D eigenvalue weighted by molar-refractivity contribution is 0.467. The van der Waals surface area contributed by atoms with Crippen molar-refractivity contribution in [3.8, 4) is 0 Å². The van der Waals surface area contributed by atoms with Crippen LogP contribution in [0.1, 0.15) is 52.4 Å². The quantitative estimate of drug-likeness (QED) is 0.435. The Balaban J connectivity index is 3.02. The Bertz CT molecular complexity index is 83.9. The van der Waals surface area contributed by atoms with Gasteiger partial charge in [0, 0.05) is 0 Å². The summed E-state index contributed by atoms with van der Waals surface area (Å²) in [5.41, 5.74) is 5.83. The first-order chi connectivity index (χ1) is 5.81. The van der Waals surface area contributed by atoms with E-state index in [2.05, 4.69) is 19.2 Å². The van der Waals surface area contributed by atoms with E-state index in [1.54, 1.807) is 0 Å². The maximum Gasteiger partial charge on any atom is 0.0546 e. The van der Waals surface area contributed by atoms with Crippen molar-refractivity contribution in [1.82, 2.24) is 5.32 Å². The summed E-state index contributed by atoms with van der Waals surface area (Å²) in [6.45, 7) is 5.50. The van der Waals surface area contributed by atoms with E-state index in [0.29, 0.717) is 0 Å². The number of nitrogens with one attached hydrogen (secondary N) is 1. The topological polar surface area (TPSA) is 38.0 Å². The van der Waals surface area contributed by atoms with Crippen molar-refractivity contribution >= 4 is 0 Å². The molecule has 1 atom stereocenters. The summed E-state index contributed by atoms with van der Waals surface area (Å²) in [5.74, 6) is 0. The summed E-state index contributed by atoms with van der Waals surface area (Å²) in [7, 11) is 0. The molecule has 0 amide bonds. The molecule has 1 unspecified atom stereocenters. The van der Waals surface area contributed by atoms with Crippen LogP contribution in [0, 0.1) is 0 Å². The van der Waals surface area contributed by atoms with Gasteiger partial charge in [-0.2, -0.15) is 0 Å². The number of unbranched alkanes of at least 4 members (excludes halogenated alkanes) is 3. The minimum atomic E-state index is 0.224. The Morgan fingerprint density at radius 2 is 1.75 bits per heavy atom. The molecule has 0 aromatic carbocycles. The van der Waals surface area contributed by atoms with Crippen molar-refractivity contribution in [3.63, 3.8) is 0 Å². The second-order valence-corrected chi connectivity index (χ2v) is 3.41. The lowest BCUT2D eigenvalue weighted by Gasteiger charge is -2.12. The molecule has 0 aromatic rings. The Hall–Kier alpha value is -0.0800. The summed E-state index contributed by atoms with van der Waals surface area (Å²) < 4.78 is 0. The molecule has 0 aliphatic heterocycles. The lowest BCUT2D eigenvalue weighted by atomic mass is 10.2. The molecular weight excluding hydrogens is 148 g/mol. The van der Waals surface area contributed by atoms with Gasteiger partial charge in [-0.15, -0.1) is 0 Å². The van der Waals surface area contributed by atoms with Crippen LogP contribution in [0.5, 0.6) is 0 Å². The molecule has 0 heterocycles. The van der Waals surface area contributed by atoms with Crippen molar-refractivity contribution in [2.24, 2.45) is 5.73 Å². The number of hydrogen-bond acceptors (Lipinski definition) is 2. The summed E-state index contributed by atoms with van der Waals surface area (Å²) >= 11 is 0. The Morgan fingerprint density at radius 3 is 2.33 bits per heavy atom. The third-order valence-electron chi connectivity index (χ3n) is 2.06. The molecule has 0 saturated carbocycles. The van der Waals surface area contributed by atoms with E-state index in [9.17, 15) is 0 Å². The van der Waals surface area contributed by atoms with Gasteiger partial charge in [-0.05, 0) is 19.4 Å². The van der Waals surface area contributed by atoms with E-state index < -0.39 is 0 Å². The van der Waals surface area contributed by atoms with Crippen LogP contribution in [-0.2, 0) is 0 Å². The third kappa shape index (κ3) is 8.02. The predicted octanol–water partition coefficient (Wildman–Crippen LogP) is 2.24. The lowest BCUT2D eigenvalue weighted by Crippen LogP contribution is -2.37. The predicted molar refractivity (Wildman–Crippen MR) is 55.0 cm³/mol. The summed E-state index contributed by atoms with van der Waals surface area (Å²) in [6, 6.07) is 0. The van der Waals surface area contributed by atoms with Crippen LogP contribution in [0.2, 0.25) is 0 Å². The average Bonchev–Trinajstić information content (AvgIpc) is 2.09. The molecular formula is C10H24N2. The molecule has 74 valence electrons. The highest BCUT2D eigenvalue weighted by atomic mass is 15.0. The molecule has 0 fully saturated rings. The van der Waals surface area contributed by atoms with Crippen molar-refractivity contribution in [3.05, 3.63) is 0 Å². The van der Waals surface area contributed by atoms with E-state index in [1.807, 2.05) is 0 Å². The Kier molecular flexibility index (Phi) is 8.95. The zero-order chi connectivity index (χ0) is 9.23. The monoisotopic (exact) mass is 172 g/mol. The first kappa shape index (κ1) is 11.9. The molecule has 0 saturated heterocycles. The first-order valence-electron chi connectivity index (χ1n) is 5.30. The molecule has 0 aliphatic carbocycles. The standard InChI is InChI=1S/C10H24N2/c1-3-5-7-9-12-10(11)8-6-4-2/h10,12H,3-9,11H2,1-2H3. The fourth-order valence-electron chi connectivity index (χ4n) is 1.19. The summed E-state index contributed by atoms with van der Waals surface area (Å²) in [6.07, 6.45) is 7.67. The molecule has 2 heteroatoms. The Labute approximate surface area is 76.9 Å². The smallest absolute Gasteiger partial charge is 0.0546 e. The molecule has 12 heavy (non-hydrogen) atoms. The zero-order valence-corrected chi connectivity index (χ0v) is 8.60. The van der Waals surface area contributed by atoms with E-state index in [4.69, 9.17) is 5.73 Å². The minimum absolute atomic E-state index is 0.224. The van der Waals surface area contributed by atoms with Gasteiger partial charge in [0.1, 0.15) is 0 Å². The van der Waals surface area contributed by atoms with Crippen LogP contribution in [0.4, 0.5) is 0 Å². The van der Waals surface area contributed by atoms with Gasteiger partial charge < -0.3 is 11.1 Å². The highest BCUT2D eigenvalue weighted by Crippen LogP contribution is 1.96. The summed E-state index contributed by atoms with van der Waals surface area (Å²) in [5, 5.41) is 3.33. The molecule has 3 N–H and O–H groups in total. The van der Waals surface area contributed by atoms with Crippen molar-refractivity contribution in [2.45, 2.75) is 58.5 Å². The van der Waals surface area contributed by atoms with Gasteiger partial charge in [-0.1, -0.05) is 39.5 Å². The number of hydrogen-bond donors (Lipinski definition) is 2. The van der Waals surface area contributed by atoms with Gasteiger partial charge in [0.05, 0.1) is 6.17 Å². The molecule has 0 aromatic heterocycles. The van der Waals surface area contributed by atoms with Gasteiger partial charge in [0.25, 0.3) is 0 Å². The van der Waals surface area contributed by atoms with Crippen LogP contribution in [0.15, 0.2) is 0 Å². The normalized spacial score (nSPS) is 13.2.